The van der Waals surface area contributed by atoms with Crippen LogP contribution in [-0.4, -0.2) is 10.1 Å². The first-order valence-electron chi connectivity index (χ1n) is 4.98. The number of ether oxygens (including phenoxy) is 1. The van der Waals surface area contributed by atoms with Crippen molar-refractivity contribution in [3.8, 4) is 11.6 Å². The zero-order chi connectivity index (χ0) is 13.1. The summed E-state index contributed by atoms with van der Waals surface area (Å²) >= 11 is 0. The Labute approximate surface area is 100 Å². The molecule has 0 atom stereocenters. The molecule has 2 rings (SSSR count). The number of aromatic nitrogens is 1. The Kier molecular flexibility index (Phi) is 3.47. The Hall–Kier alpha value is -2.08. The van der Waals surface area contributed by atoms with Crippen molar-refractivity contribution in [1.82, 2.24) is 4.98 Å². The summed E-state index contributed by atoms with van der Waals surface area (Å²) in [7, 11) is 0. The molecule has 0 unspecified atom stereocenters. The molecule has 0 saturated heterocycles. The van der Waals surface area contributed by atoms with Crippen LogP contribution in [0.2, 0.25) is 0 Å². The molecule has 1 heterocycles. The molecule has 1 aromatic carbocycles. The van der Waals surface area contributed by atoms with Crippen molar-refractivity contribution >= 4 is 0 Å². The van der Waals surface area contributed by atoms with E-state index in [1.54, 1.807) is 0 Å². The summed E-state index contributed by atoms with van der Waals surface area (Å²) in [6, 6.07) is 3.74. The van der Waals surface area contributed by atoms with Gasteiger partial charge in [-0.15, -0.1) is 0 Å². The highest BCUT2D eigenvalue weighted by Gasteiger charge is 2.12. The fourth-order valence-electron chi connectivity index (χ4n) is 1.35. The van der Waals surface area contributed by atoms with Crippen molar-refractivity contribution < 1.29 is 23.0 Å². The second-order valence-corrected chi connectivity index (χ2v) is 3.45. The van der Waals surface area contributed by atoms with Gasteiger partial charge >= 0.3 is 0 Å². The van der Waals surface area contributed by atoms with E-state index < -0.39 is 29.9 Å². The van der Waals surface area contributed by atoms with Crippen LogP contribution in [0.25, 0.3) is 0 Å². The average molecular weight is 255 g/mol. The summed E-state index contributed by atoms with van der Waals surface area (Å²) < 4.78 is 44.4. The Morgan fingerprint density at radius 3 is 2.39 bits per heavy atom. The van der Waals surface area contributed by atoms with Crippen LogP contribution in [0.1, 0.15) is 5.56 Å². The van der Waals surface area contributed by atoms with Crippen LogP contribution in [0.4, 0.5) is 13.2 Å². The number of pyridine rings is 1. The Morgan fingerprint density at radius 2 is 1.78 bits per heavy atom. The molecular weight excluding hydrogens is 247 g/mol. The normalized spacial score (nSPS) is 10.4. The quantitative estimate of drug-likeness (QED) is 0.917. The van der Waals surface area contributed by atoms with Gasteiger partial charge in [-0.1, -0.05) is 0 Å². The van der Waals surface area contributed by atoms with Crippen LogP contribution in [0.5, 0.6) is 11.6 Å². The average Bonchev–Trinajstić information content (AvgIpc) is 2.30. The zero-order valence-electron chi connectivity index (χ0n) is 9.03. The van der Waals surface area contributed by atoms with Gasteiger partial charge in [0.25, 0.3) is 5.88 Å². The van der Waals surface area contributed by atoms with Crippen molar-refractivity contribution in [3.05, 3.63) is 53.5 Å². The molecule has 6 heteroatoms. The second kappa shape index (κ2) is 5.05. The lowest BCUT2D eigenvalue weighted by molar-refractivity contribution is 0.272. The highest BCUT2D eigenvalue weighted by Crippen LogP contribution is 2.25. The van der Waals surface area contributed by atoms with E-state index in [0.717, 1.165) is 12.1 Å². The smallest absolute Gasteiger partial charge is 0.256 e. The lowest BCUT2D eigenvalue weighted by atomic mass is 10.2. The number of nitrogens with zero attached hydrogens (tertiary/aromatic N) is 1. The topological polar surface area (TPSA) is 42.4 Å². The van der Waals surface area contributed by atoms with Gasteiger partial charge in [0, 0.05) is 30.0 Å². The van der Waals surface area contributed by atoms with Gasteiger partial charge in [-0.3, -0.25) is 0 Å². The van der Waals surface area contributed by atoms with Crippen molar-refractivity contribution in [2.24, 2.45) is 0 Å². The standard InChI is InChI=1S/C12H8F3NO2/c13-8-3-9(14)5-10(4-8)18-12-11(15)7(6-17)1-2-16-12/h1-5,17H,6H2. The molecule has 18 heavy (non-hydrogen) atoms. The van der Waals surface area contributed by atoms with E-state index >= 15 is 0 Å². The van der Waals surface area contributed by atoms with Crippen molar-refractivity contribution in [2.75, 3.05) is 0 Å². The van der Waals surface area contributed by atoms with E-state index in [9.17, 15) is 13.2 Å². The first-order valence-corrected chi connectivity index (χ1v) is 4.98. The highest BCUT2D eigenvalue weighted by atomic mass is 19.1. The van der Waals surface area contributed by atoms with Crippen LogP contribution in [0.15, 0.2) is 30.5 Å². The maximum Gasteiger partial charge on any atom is 0.256 e. The first kappa shape index (κ1) is 12.4. The first-order chi connectivity index (χ1) is 8.60. The van der Waals surface area contributed by atoms with Gasteiger partial charge in [-0.05, 0) is 6.07 Å². The molecule has 0 saturated carbocycles. The molecule has 0 fully saturated rings. The summed E-state index contributed by atoms with van der Waals surface area (Å²) in [5.41, 5.74) is -0.0168. The van der Waals surface area contributed by atoms with Gasteiger partial charge in [0.1, 0.15) is 17.4 Å². The lowest BCUT2D eigenvalue weighted by Crippen LogP contribution is -1.97. The molecule has 0 amide bonds. The van der Waals surface area contributed by atoms with E-state index in [-0.39, 0.29) is 11.3 Å². The molecule has 94 valence electrons. The van der Waals surface area contributed by atoms with E-state index in [0.29, 0.717) is 6.07 Å². The predicted octanol–water partition coefficient (Wildman–Crippen LogP) is 2.78. The Bertz CT molecular complexity index is 555. The molecule has 2 aromatic rings. The molecule has 0 radical (unpaired) electrons. The number of rotatable bonds is 3. The SMILES string of the molecule is OCc1ccnc(Oc2cc(F)cc(F)c2)c1F. The third-order valence-electron chi connectivity index (χ3n) is 2.16. The number of aliphatic hydroxyl groups excluding tert-OH is 1. The monoisotopic (exact) mass is 255 g/mol. The molecule has 1 aromatic heterocycles. The summed E-state index contributed by atoms with van der Waals surface area (Å²) in [6.45, 7) is -0.526. The minimum atomic E-state index is -0.871. The molecule has 0 aliphatic carbocycles. The summed E-state index contributed by atoms with van der Waals surface area (Å²) in [5.74, 6) is -3.22. The van der Waals surface area contributed by atoms with Crippen LogP contribution in [0, 0.1) is 17.5 Å². The van der Waals surface area contributed by atoms with Crippen molar-refractivity contribution in [2.45, 2.75) is 6.61 Å². The van der Waals surface area contributed by atoms with Crippen LogP contribution in [0.3, 0.4) is 0 Å². The van der Waals surface area contributed by atoms with Gasteiger partial charge in [0.15, 0.2) is 5.82 Å². The number of aliphatic hydroxyl groups is 1. The number of halogens is 3. The second-order valence-electron chi connectivity index (χ2n) is 3.45. The van der Waals surface area contributed by atoms with E-state index in [1.165, 1.54) is 12.3 Å². The summed E-state index contributed by atoms with van der Waals surface area (Å²) in [5, 5.41) is 8.85. The Morgan fingerprint density at radius 1 is 1.11 bits per heavy atom. The molecule has 0 aliphatic rings. The van der Waals surface area contributed by atoms with E-state index in [4.69, 9.17) is 9.84 Å². The van der Waals surface area contributed by atoms with Crippen LogP contribution >= 0.6 is 0 Å². The minimum absolute atomic E-state index is 0.0168. The van der Waals surface area contributed by atoms with Gasteiger partial charge in [-0.2, -0.15) is 0 Å². The third-order valence-corrected chi connectivity index (χ3v) is 2.16. The van der Waals surface area contributed by atoms with Crippen LogP contribution in [-0.2, 0) is 6.61 Å². The number of benzene rings is 1. The van der Waals surface area contributed by atoms with Gasteiger partial charge < -0.3 is 9.84 Å². The molecule has 0 spiro atoms. The number of hydrogen-bond acceptors (Lipinski definition) is 3. The zero-order valence-corrected chi connectivity index (χ0v) is 9.03. The van der Waals surface area contributed by atoms with E-state index in [1.807, 2.05) is 0 Å². The summed E-state index contributed by atoms with van der Waals surface area (Å²) in [4.78, 5) is 3.59. The van der Waals surface area contributed by atoms with E-state index in [2.05, 4.69) is 4.98 Å². The lowest BCUT2D eigenvalue weighted by Gasteiger charge is -2.07. The molecule has 3 nitrogen and oxygen atoms in total. The number of hydrogen-bond donors (Lipinski definition) is 1. The Balaban J connectivity index is 2.34. The van der Waals surface area contributed by atoms with Crippen molar-refractivity contribution in [1.29, 1.82) is 0 Å². The fraction of sp³-hybridized carbons (Fsp3) is 0.0833. The maximum atomic E-state index is 13.6. The third kappa shape index (κ3) is 2.60. The molecular formula is C12H8F3NO2. The predicted molar refractivity (Wildman–Crippen MR) is 56.5 cm³/mol. The molecule has 1 N–H and O–H groups in total. The highest BCUT2D eigenvalue weighted by molar-refractivity contribution is 5.31. The molecule has 0 bridgehead atoms. The fourth-order valence-corrected chi connectivity index (χ4v) is 1.35. The van der Waals surface area contributed by atoms with Gasteiger partial charge in [0.2, 0.25) is 0 Å². The van der Waals surface area contributed by atoms with Crippen molar-refractivity contribution in [3.63, 3.8) is 0 Å². The minimum Gasteiger partial charge on any atom is -0.436 e. The largest absolute Gasteiger partial charge is 0.436 e. The summed E-state index contributed by atoms with van der Waals surface area (Å²) in [6.07, 6.45) is 1.22. The van der Waals surface area contributed by atoms with Crippen LogP contribution < -0.4 is 4.74 Å². The molecule has 0 aliphatic heterocycles. The van der Waals surface area contributed by atoms with Gasteiger partial charge in [0.05, 0.1) is 6.61 Å². The van der Waals surface area contributed by atoms with Gasteiger partial charge in [-0.25, -0.2) is 18.2 Å². The maximum absolute atomic E-state index is 13.6.